The summed E-state index contributed by atoms with van der Waals surface area (Å²) in [5.74, 6) is -1.82. The van der Waals surface area contributed by atoms with Crippen LogP contribution < -0.4 is 9.64 Å². The fraction of sp³-hybridized carbons (Fsp3) is 0.353. The molecule has 0 aromatic heterocycles. The summed E-state index contributed by atoms with van der Waals surface area (Å²) in [4.78, 5) is 37.8. The van der Waals surface area contributed by atoms with Gasteiger partial charge in [-0.2, -0.15) is 0 Å². The van der Waals surface area contributed by atoms with Gasteiger partial charge < -0.3 is 28.6 Å². The lowest BCUT2D eigenvalue weighted by Gasteiger charge is -2.32. The van der Waals surface area contributed by atoms with Crippen LogP contribution in [0.3, 0.4) is 0 Å². The second-order valence-electron chi connectivity index (χ2n) is 5.21. The molecule has 0 unspecified atom stereocenters. The minimum Gasteiger partial charge on any atom is -0.496 e. The summed E-state index contributed by atoms with van der Waals surface area (Å²) >= 11 is 3.36. The Morgan fingerprint density at radius 2 is 1.63 bits per heavy atom. The first-order valence-corrected chi connectivity index (χ1v) is 8.39. The largest absolute Gasteiger partial charge is 0.496 e. The zero-order valence-corrected chi connectivity index (χ0v) is 16.7. The number of halogens is 1. The molecular weight excluding hydrogens is 426 g/mol. The zero-order chi connectivity index (χ0) is 20.1. The topological polar surface area (TPSA) is 101 Å². The van der Waals surface area contributed by atoms with Gasteiger partial charge in [0.25, 0.3) is 0 Å². The average molecular weight is 444 g/mol. The lowest BCUT2D eigenvalue weighted by Crippen LogP contribution is -2.39. The minimum absolute atomic E-state index is 0.0125. The van der Waals surface area contributed by atoms with E-state index in [9.17, 15) is 14.4 Å². The van der Waals surface area contributed by atoms with Crippen LogP contribution in [0.4, 0.5) is 5.69 Å². The van der Waals surface area contributed by atoms with Gasteiger partial charge in [0.15, 0.2) is 0 Å². The van der Waals surface area contributed by atoms with Crippen molar-refractivity contribution in [3.63, 3.8) is 0 Å². The smallest absolute Gasteiger partial charge is 0.355 e. The van der Waals surface area contributed by atoms with Crippen molar-refractivity contribution in [2.75, 3.05) is 46.7 Å². The molecule has 1 aliphatic rings. The van der Waals surface area contributed by atoms with Crippen LogP contribution >= 0.6 is 15.9 Å². The fourth-order valence-electron chi connectivity index (χ4n) is 2.52. The van der Waals surface area contributed by atoms with Crippen molar-refractivity contribution in [1.82, 2.24) is 0 Å². The van der Waals surface area contributed by atoms with Gasteiger partial charge in [-0.15, -0.1) is 0 Å². The molecule has 0 saturated carbocycles. The Labute approximate surface area is 163 Å². The third-order valence-electron chi connectivity index (χ3n) is 3.80. The molecule has 0 radical (unpaired) electrons. The summed E-state index contributed by atoms with van der Waals surface area (Å²) in [6, 6.07) is 3.00. The zero-order valence-electron chi connectivity index (χ0n) is 15.2. The van der Waals surface area contributed by atoms with Gasteiger partial charge in [0.1, 0.15) is 23.7 Å². The number of carbonyl (C=O) groups is 3. The van der Waals surface area contributed by atoms with E-state index in [1.165, 1.54) is 45.5 Å². The number of methoxy groups -OCH3 is 4. The van der Waals surface area contributed by atoms with E-state index in [1.807, 2.05) is 0 Å². The van der Waals surface area contributed by atoms with Crippen LogP contribution in [0.5, 0.6) is 5.75 Å². The number of nitrogens with zero attached hydrogens (tertiary/aromatic N) is 1. The maximum atomic E-state index is 12.4. The first kappa shape index (κ1) is 20.7. The van der Waals surface area contributed by atoms with Crippen LogP contribution in [0.2, 0.25) is 0 Å². The summed E-state index contributed by atoms with van der Waals surface area (Å²) < 4.78 is 25.4. The molecule has 0 amide bonds. The van der Waals surface area contributed by atoms with Crippen LogP contribution in [-0.2, 0) is 28.5 Å². The molecule has 10 heteroatoms. The number of hydrogen-bond donors (Lipinski definition) is 0. The van der Waals surface area contributed by atoms with Crippen molar-refractivity contribution in [3.8, 4) is 5.75 Å². The Hall–Kier alpha value is -2.59. The predicted molar refractivity (Wildman–Crippen MR) is 96.4 cm³/mol. The van der Waals surface area contributed by atoms with E-state index in [2.05, 4.69) is 15.9 Å². The Balaban J connectivity index is 2.65. The van der Waals surface area contributed by atoms with Crippen molar-refractivity contribution in [2.45, 2.75) is 0 Å². The molecule has 0 N–H and O–H groups in total. The second kappa shape index (κ2) is 8.87. The maximum absolute atomic E-state index is 12.4. The van der Waals surface area contributed by atoms with E-state index in [-0.39, 0.29) is 35.9 Å². The normalized spacial score (nSPS) is 13.9. The number of anilines is 1. The quantitative estimate of drug-likeness (QED) is 0.496. The van der Waals surface area contributed by atoms with Gasteiger partial charge in [0, 0.05) is 10.5 Å². The van der Waals surface area contributed by atoms with Crippen molar-refractivity contribution in [3.05, 3.63) is 33.4 Å². The molecule has 1 aliphatic heterocycles. The molecule has 0 spiro atoms. The highest BCUT2D eigenvalue weighted by molar-refractivity contribution is 9.10. The van der Waals surface area contributed by atoms with Crippen molar-refractivity contribution < 1.29 is 38.1 Å². The van der Waals surface area contributed by atoms with Gasteiger partial charge >= 0.3 is 17.9 Å². The Morgan fingerprint density at radius 3 is 2.19 bits per heavy atom. The summed E-state index contributed by atoms with van der Waals surface area (Å²) in [6.45, 7) is -0.146. The van der Waals surface area contributed by atoms with Crippen LogP contribution in [0.15, 0.2) is 27.9 Å². The van der Waals surface area contributed by atoms with E-state index in [1.54, 1.807) is 0 Å². The Kier molecular flexibility index (Phi) is 6.81. The molecule has 2 rings (SSSR count). The van der Waals surface area contributed by atoms with Gasteiger partial charge in [0.05, 0.1) is 46.3 Å². The van der Waals surface area contributed by atoms with E-state index < -0.39 is 17.9 Å². The van der Waals surface area contributed by atoms with Crippen LogP contribution in [0.1, 0.15) is 10.4 Å². The molecule has 0 saturated heterocycles. The van der Waals surface area contributed by atoms with Crippen molar-refractivity contribution in [1.29, 1.82) is 0 Å². The molecule has 1 aromatic rings. The average Bonchev–Trinajstić information content (AvgIpc) is 2.71. The second-order valence-corrected chi connectivity index (χ2v) is 6.07. The number of hydrogen-bond acceptors (Lipinski definition) is 9. The maximum Gasteiger partial charge on any atom is 0.355 e. The third kappa shape index (κ3) is 4.06. The van der Waals surface area contributed by atoms with E-state index in [0.29, 0.717) is 10.2 Å². The molecule has 146 valence electrons. The standard InChI is InChI=1S/C17H18BrNO8/c1-23-13-6-12(11(18)5-9(13)15(20)24-2)19-8-27-7-10(16(21)25-3)14(19)17(22)26-4/h5-6H,7-8H2,1-4H3. The van der Waals surface area contributed by atoms with Gasteiger partial charge in [-0.05, 0) is 22.0 Å². The third-order valence-corrected chi connectivity index (χ3v) is 4.43. The number of carbonyl (C=O) groups excluding carboxylic acids is 3. The van der Waals surface area contributed by atoms with Crippen LogP contribution in [-0.4, -0.2) is 59.7 Å². The number of ether oxygens (including phenoxy) is 5. The van der Waals surface area contributed by atoms with Gasteiger partial charge in [-0.1, -0.05) is 0 Å². The Bertz CT molecular complexity index is 804. The monoisotopic (exact) mass is 443 g/mol. The lowest BCUT2D eigenvalue weighted by molar-refractivity contribution is -0.140. The summed E-state index contributed by atoms with van der Waals surface area (Å²) in [7, 11) is 5.05. The van der Waals surface area contributed by atoms with E-state index in [0.717, 1.165) is 0 Å². The SMILES string of the molecule is COC(=O)C1=C(C(=O)OC)N(c2cc(OC)c(C(=O)OC)cc2Br)COC1. The lowest BCUT2D eigenvalue weighted by atomic mass is 10.1. The summed E-state index contributed by atoms with van der Waals surface area (Å²) in [5.41, 5.74) is 0.592. The summed E-state index contributed by atoms with van der Waals surface area (Å²) in [5, 5.41) is 0. The van der Waals surface area contributed by atoms with E-state index in [4.69, 9.17) is 23.7 Å². The van der Waals surface area contributed by atoms with Crippen LogP contribution in [0.25, 0.3) is 0 Å². The van der Waals surface area contributed by atoms with Crippen LogP contribution in [0, 0.1) is 0 Å². The number of benzene rings is 1. The van der Waals surface area contributed by atoms with Gasteiger partial charge in [-0.25, -0.2) is 14.4 Å². The molecule has 9 nitrogen and oxygen atoms in total. The highest BCUT2D eigenvalue weighted by Gasteiger charge is 2.34. The molecule has 27 heavy (non-hydrogen) atoms. The number of rotatable bonds is 5. The fourth-order valence-corrected chi connectivity index (χ4v) is 3.08. The van der Waals surface area contributed by atoms with Crippen molar-refractivity contribution >= 4 is 39.5 Å². The van der Waals surface area contributed by atoms with E-state index >= 15 is 0 Å². The highest BCUT2D eigenvalue weighted by atomic mass is 79.9. The molecule has 1 aromatic carbocycles. The first-order valence-electron chi connectivity index (χ1n) is 7.60. The number of esters is 3. The molecule has 0 bridgehead atoms. The molecule has 0 atom stereocenters. The summed E-state index contributed by atoms with van der Waals surface area (Å²) in [6.07, 6.45) is 0. The molecule has 1 heterocycles. The highest BCUT2D eigenvalue weighted by Crippen LogP contribution is 2.37. The molecule has 0 fully saturated rings. The van der Waals surface area contributed by atoms with Crippen molar-refractivity contribution in [2.24, 2.45) is 0 Å². The first-order chi connectivity index (χ1) is 12.9. The predicted octanol–water partition coefficient (Wildman–Crippen LogP) is 1.64. The molecule has 0 aliphatic carbocycles. The van der Waals surface area contributed by atoms with Gasteiger partial charge in [-0.3, -0.25) is 0 Å². The van der Waals surface area contributed by atoms with Gasteiger partial charge in [0.2, 0.25) is 0 Å². The Morgan fingerprint density at radius 1 is 1.00 bits per heavy atom. The molecular formula is C17H18BrNO8. The minimum atomic E-state index is -0.735.